The number of aromatic nitrogens is 2. The van der Waals surface area contributed by atoms with Gasteiger partial charge in [0.1, 0.15) is 11.3 Å². The number of rotatable bonds is 8. The van der Waals surface area contributed by atoms with E-state index in [1.165, 1.54) is 0 Å². The molecule has 0 bridgehead atoms. The highest BCUT2D eigenvalue weighted by atomic mass is 16.5. The van der Waals surface area contributed by atoms with Crippen molar-refractivity contribution in [2.75, 3.05) is 20.8 Å². The van der Waals surface area contributed by atoms with Crippen LogP contribution in [0.15, 0.2) is 78.9 Å². The Labute approximate surface area is 199 Å². The zero-order chi connectivity index (χ0) is 23.9. The lowest BCUT2D eigenvalue weighted by atomic mass is 10.0. The Hall–Kier alpha value is -4.32. The highest BCUT2D eigenvalue weighted by molar-refractivity contribution is 6.01. The third-order valence-electron chi connectivity index (χ3n) is 5.29. The van der Waals surface area contributed by atoms with Gasteiger partial charge in [0.2, 0.25) is 0 Å². The highest BCUT2D eigenvalue weighted by Crippen LogP contribution is 2.35. The average Bonchev–Trinajstić information content (AvgIpc) is 3.28. The number of methoxy groups -OCH3 is 2. The van der Waals surface area contributed by atoms with Gasteiger partial charge in [-0.3, -0.25) is 0 Å². The van der Waals surface area contributed by atoms with E-state index in [9.17, 15) is 4.79 Å². The van der Waals surface area contributed by atoms with Crippen LogP contribution in [0.2, 0.25) is 0 Å². The monoisotopic (exact) mass is 454 g/mol. The average molecular weight is 455 g/mol. The molecule has 0 aliphatic rings. The Morgan fingerprint density at radius 2 is 1.56 bits per heavy atom. The Bertz CT molecular complexity index is 1290. The first kappa shape index (κ1) is 22.9. The summed E-state index contributed by atoms with van der Waals surface area (Å²) in [4.78, 5) is 13.2. The van der Waals surface area contributed by atoms with Crippen molar-refractivity contribution in [1.82, 2.24) is 9.78 Å². The number of benzene rings is 3. The fourth-order valence-corrected chi connectivity index (χ4v) is 3.68. The van der Waals surface area contributed by atoms with E-state index in [0.717, 1.165) is 11.3 Å². The van der Waals surface area contributed by atoms with Gasteiger partial charge in [-0.25, -0.2) is 9.48 Å². The van der Waals surface area contributed by atoms with Gasteiger partial charge in [-0.05, 0) is 48.9 Å². The van der Waals surface area contributed by atoms with E-state index in [-0.39, 0.29) is 6.61 Å². The Morgan fingerprint density at radius 1 is 0.882 bits per heavy atom. The van der Waals surface area contributed by atoms with Crippen LogP contribution in [0.25, 0.3) is 29.1 Å². The molecule has 3 aromatic carbocycles. The number of ether oxygens (including phenoxy) is 3. The van der Waals surface area contributed by atoms with Crippen molar-refractivity contribution >= 4 is 18.1 Å². The summed E-state index contributed by atoms with van der Waals surface area (Å²) in [6.07, 6.45) is 3.85. The lowest BCUT2D eigenvalue weighted by molar-refractivity contribution is 0.0527. The first-order valence-corrected chi connectivity index (χ1v) is 11.0. The molecule has 0 N–H and O–H groups in total. The molecular formula is C28H26N2O4. The van der Waals surface area contributed by atoms with Crippen LogP contribution < -0.4 is 9.47 Å². The summed E-state index contributed by atoms with van der Waals surface area (Å²) in [7, 11) is 3.16. The number of carbonyl (C=O) groups is 1. The Balaban J connectivity index is 1.97. The molecular weight excluding hydrogens is 428 g/mol. The molecule has 6 nitrogen and oxygen atoms in total. The number of hydrogen-bond acceptors (Lipinski definition) is 5. The molecule has 0 aliphatic carbocycles. The molecule has 0 aliphatic heterocycles. The van der Waals surface area contributed by atoms with Crippen LogP contribution in [-0.4, -0.2) is 36.6 Å². The predicted octanol–water partition coefficient (Wildman–Crippen LogP) is 5.90. The molecule has 4 aromatic rings. The van der Waals surface area contributed by atoms with E-state index >= 15 is 0 Å². The van der Waals surface area contributed by atoms with Crippen LogP contribution in [0.1, 0.15) is 28.5 Å². The minimum Gasteiger partial charge on any atom is -0.493 e. The van der Waals surface area contributed by atoms with E-state index in [0.29, 0.717) is 34.0 Å². The second-order valence-electron chi connectivity index (χ2n) is 7.39. The number of nitrogens with zero attached hydrogens (tertiary/aromatic N) is 2. The van der Waals surface area contributed by atoms with Crippen molar-refractivity contribution in [1.29, 1.82) is 0 Å². The van der Waals surface area contributed by atoms with Crippen molar-refractivity contribution in [2.45, 2.75) is 6.92 Å². The molecule has 172 valence electrons. The Kier molecular flexibility index (Phi) is 7.08. The van der Waals surface area contributed by atoms with E-state index in [4.69, 9.17) is 19.3 Å². The molecule has 0 unspecified atom stereocenters. The maximum absolute atomic E-state index is 13.2. The van der Waals surface area contributed by atoms with E-state index in [1.54, 1.807) is 31.9 Å². The van der Waals surface area contributed by atoms with Crippen molar-refractivity contribution in [3.05, 3.63) is 95.7 Å². The molecule has 34 heavy (non-hydrogen) atoms. The van der Waals surface area contributed by atoms with Crippen molar-refractivity contribution < 1.29 is 19.0 Å². The standard InChI is InChI=1S/C28H26N2O4/c1-4-34-28(31)26-23(17-15-20-11-7-5-8-12-20)30(22-13-9-6-10-14-22)29-27(26)21-16-18-24(32-2)25(19-21)33-3/h5-19H,4H2,1-3H3/b17-15+. The van der Waals surface area contributed by atoms with E-state index in [2.05, 4.69) is 0 Å². The molecule has 0 saturated heterocycles. The minimum atomic E-state index is -0.442. The van der Waals surface area contributed by atoms with Gasteiger partial charge in [0.25, 0.3) is 0 Å². The molecule has 0 spiro atoms. The lowest BCUT2D eigenvalue weighted by Crippen LogP contribution is -2.08. The summed E-state index contributed by atoms with van der Waals surface area (Å²) in [5, 5.41) is 4.87. The third kappa shape index (κ3) is 4.71. The molecule has 0 amide bonds. The highest BCUT2D eigenvalue weighted by Gasteiger charge is 2.26. The second kappa shape index (κ2) is 10.5. The SMILES string of the molecule is CCOC(=O)c1c(-c2ccc(OC)c(OC)c2)nn(-c2ccccc2)c1/C=C/c1ccccc1. The zero-order valence-corrected chi connectivity index (χ0v) is 19.4. The van der Waals surface area contributed by atoms with Gasteiger partial charge in [0.15, 0.2) is 11.5 Å². The molecule has 0 saturated carbocycles. The molecule has 1 heterocycles. The van der Waals surface area contributed by atoms with Gasteiger partial charge < -0.3 is 14.2 Å². The summed E-state index contributed by atoms with van der Waals surface area (Å²) in [5.74, 6) is 0.697. The van der Waals surface area contributed by atoms with Crippen LogP contribution in [0.5, 0.6) is 11.5 Å². The summed E-state index contributed by atoms with van der Waals surface area (Å²) >= 11 is 0. The normalized spacial score (nSPS) is 10.9. The number of hydrogen-bond donors (Lipinski definition) is 0. The van der Waals surface area contributed by atoms with Crippen molar-refractivity contribution in [3.63, 3.8) is 0 Å². The van der Waals surface area contributed by atoms with E-state index < -0.39 is 5.97 Å². The van der Waals surface area contributed by atoms with E-state index in [1.807, 2.05) is 84.9 Å². The fraction of sp³-hybridized carbons (Fsp3) is 0.143. The topological polar surface area (TPSA) is 62.6 Å². The van der Waals surface area contributed by atoms with Crippen LogP contribution in [-0.2, 0) is 4.74 Å². The fourth-order valence-electron chi connectivity index (χ4n) is 3.68. The van der Waals surface area contributed by atoms with Gasteiger partial charge in [-0.1, -0.05) is 54.6 Å². The summed E-state index contributed by atoms with van der Waals surface area (Å²) < 4.78 is 18.1. The number of esters is 1. The van der Waals surface area contributed by atoms with Crippen LogP contribution in [0, 0.1) is 0 Å². The third-order valence-corrected chi connectivity index (χ3v) is 5.29. The van der Waals surface area contributed by atoms with Gasteiger partial charge in [0.05, 0.1) is 32.2 Å². The van der Waals surface area contributed by atoms with Crippen molar-refractivity contribution in [3.8, 4) is 28.4 Å². The van der Waals surface area contributed by atoms with Gasteiger partial charge >= 0.3 is 5.97 Å². The van der Waals surface area contributed by atoms with Gasteiger partial charge in [-0.15, -0.1) is 0 Å². The molecule has 0 atom stereocenters. The quantitative estimate of drug-likeness (QED) is 0.310. The Morgan fingerprint density at radius 3 is 2.21 bits per heavy atom. The zero-order valence-electron chi connectivity index (χ0n) is 19.4. The first-order valence-electron chi connectivity index (χ1n) is 11.0. The van der Waals surface area contributed by atoms with Crippen LogP contribution in [0.3, 0.4) is 0 Å². The van der Waals surface area contributed by atoms with Crippen LogP contribution >= 0.6 is 0 Å². The predicted molar refractivity (Wildman–Crippen MR) is 133 cm³/mol. The largest absolute Gasteiger partial charge is 0.493 e. The van der Waals surface area contributed by atoms with Crippen molar-refractivity contribution in [2.24, 2.45) is 0 Å². The molecule has 0 radical (unpaired) electrons. The first-order chi connectivity index (χ1) is 16.7. The second-order valence-corrected chi connectivity index (χ2v) is 7.39. The van der Waals surface area contributed by atoms with Crippen LogP contribution in [0.4, 0.5) is 0 Å². The lowest BCUT2D eigenvalue weighted by Gasteiger charge is -2.09. The summed E-state index contributed by atoms with van der Waals surface area (Å²) in [5.41, 5.74) is 4.04. The number of carbonyl (C=O) groups excluding carboxylic acids is 1. The molecule has 4 rings (SSSR count). The maximum Gasteiger partial charge on any atom is 0.342 e. The van der Waals surface area contributed by atoms with Gasteiger partial charge in [-0.2, -0.15) is 5.10 Å². The minimum absolute atomic E-state index is 0.253. The summed E-state index contributed by atoms with van der Waals surface area (Å²) in [6.45, 7) is 2.04. The number of para-hydroxylation sites is 1. The maximum atomic E-state index is 13.2. The molecule has 6 heteroatoms. The van der Waals surface area contributed by atoms with Gasteiger partial charge in [0, 0.05) is 5.56 Å². The smallest absolute Gasteiger partial charge is 0.342 e. The molecule has 0 fully saturated rings. The summed E-state index contributed by atoms with van der Waals surface area (Å²) in [6, 6.07) is 25.0. The molecule has 1 aromatic heterocycles.